The minimum Gasteiger partial charge on any atom is -0.406 e. The number of benzene rings is 3. The molecule has 3 N–H and O–H groups in total. The molecular formula is C27H29F3N4O3S. The van der Waals surface area contributed by atoms with Gasteiger partial charge >= 0.3 is 6.36 Å². The number of nitrogens with one attached hydrogen (secondary N) is 2. The first-order valence-electron chi connectivity index (χ1n) is 12.3. The van der Waals surface area contributed by atoms with E-state index in [0.29, 0.717) is 13.1 Å². The molecular weight excluding hydrogens is 517 g/mol. The predicted molar refractivity (Wildman–Crippen MR) is 140 cm³/mol. The average molecular weight is 547 g/mol. The van der Waals surface area contributed by atoms with Crippen molar-refractivity contribution in [1.29, 1.82) is 0 Å². The molecule has 0 bridgehead atoms. The highest BCUT2D eigenvalue weighted by Crippen LogP contribution is 2.39. The minimum atomic E-state index is -4.83. The van der Waals surface area contributed by atoms with Crippen molar-refractivity contribution >= 4 is 21.3 Å². The van der Waals surface area contributed by atoms with Gasteiger partial charge in [-0.15, -0.1) is 13.2 Å². The van der Waals surface area contributed by atoms with Gasteiger partial charge in [0.2, 0.25) is 0 Å². The third-order valence-corrected chi connectivity index (χ3v) is 9.01. The summed E-state index contributed by atoms with van der Waals surface area (Å²) in [5, 5.41) is 15.0. The van der Waals surface area contributed by atoms with Crippen molar-refractivity contribution in [2.24, 2.45) is 4.36 Å². The minimum absolute atomic E-state index is 0.189. The lowest BCUT2D eigenvalue weighted by molar-refractivity contribution is -0.274. The number of ether oxygens (including phenoxy) is 1. The smallest absolute Gasteiger partial charge is 0.406 e. The summed E-state index contributed by atoms with van der Waals surface area (Å²) in [5.74, 6) is -0.419. The van der Waals surface area contributed by atoms with Crippen LogP contribution in [0.25, 0.3) is 0 Å². The molecule has 1 saturated heterocycles. The number of piperidine rings is 1. The molecule has 0 radical (unpaired) electrons. The SMILES string of the molecule is CN=S(=O)(NC1CNCC(N2c3ccccc3CCc3ccccc32)C1O)c1ccc(OC(F)(F)F)cc1. The highest BCUT2D eigenvalue weighted by atomic mass is 32.2. The summed E-state index contributed by atoms with van der Waals surface area (Å²) in [4.78, 5) is 2.35. The molecule has 7 nitrogen and oxygen atoms in total. The lowest BCUT2D eigenvalue weighted by Crippen LogP contribution is -2.64. The second-order valence-electron chi connectivity index (χ2n) is 9.30. The summed E-state index contributed by atoms with van der Waals surface area (Å²) >= 11 is 0. The molecule has 0 aliphatic carbocycles. The van der Waals surface area contributed by atoms with E-state index in [9.17, 15) is 22.5 Å². The summed E-state index contributed by atoms with van der Waals surface area (Å²) in [5.41, 5.74) is 4.40. The van der Waals surface area contributed by atoms with E-state index in [2.05, 4.69) is 48.3 Å². The van der Waals surface area contributed by atoms with Crippen molar-refractivity contribution in [2.45, 2.75) is 42.3 Å². The van der Waals surface area contributed by atoms with Gasteiger partial charge < -0.3 is 20.1 Å². The van der Waals surface area contributed by atoms with E-state index in [1.54, 1.807) is 0 Å². The molecule has 0 amide bonds. The van der Waals surface area contributed by atoms with Gasteiger partial charge in [-0.2, -0.15) is 0 Å². The van der Waals surface area contributed by atoms with Gasteiger partial charge in [-0.05, 0) is 60.4 Å². The Hall–Kier alpha value is -3.12. The van der Waals surface area contributed by atoms with Gasteiger partial charge in [0.25, 0.3) is 0 Å². The number of nitrogens with zero attached hydrogens (tertiary/aromatic N) is 2. The molecule has 11 heteroatoms. The van der Waals surface area contributed by atoms with Crippen molar-refractivity contribution in [2.75, 3.05) is 25.0 Å². The van der Waals surface area contributed by atoms with Crippen LogP contribution in [-0.4, -0.2) is 54.0 Å². The maximum absolute atomic E-state index is 13.8. The summed E-state index contributed by atoms with van der Waals surface area (Å²) in [6.07, 6.45) is -4.02. The lowest BCUT2D eigenvalue weighted by Gasteiger charge is -2.43. The van der Waals surface area contributed by atoms with Gasteiger partial charge in [-0.1, -0.05) is 36.4 Å². The van der Waals surface area contributed by atoms with Crippen molar-refractivity contribution < 1.29 is 27.2 Å². The zero-order valence-corrected chi connectivity index (χ0v) is 21.5. The number of hydrogen-bond acceptors (Lipinski definition) is 6. The average Bonchev–Trinajstić information content (AvgIpc) is 3.06. The molecule has 4 atom stereocenters. The number of para-hydroxylation sites is 2. The Kier molecular flexibility index (Phi) is 7.36. The summed E-state index contributed by atoms with van der Waals surface area (Å²) < 4.78 is 62.4. The zero-order valence-electron chi connectivity index (χ0n) is 20.7. The molecule has 0 spiro atoms. The second kappa shape index (κ2) is 10.6. The van der Waals surface area contributed by atoms with Crippen LogP contribution in [0, 0.1) is 0 Å². The Labute approximate surface area is 219 Å². The molecule has 3 aromatic rings. The van der Waals surface area contributed by atoms with E-state index in [-0.39, 0.29) is 10.9 Å². The summed E-state index contributed by atoms with van der Waals surface area (Å²) in [7, 11) is -1.89. The van der Waals surface area contributed by atoms with Crippen molar-refractivity contribution in [3.8, 4) is 5.75 Å². The van der Waals surface area contributed by atoms with E-state index < -0.39 is 34.2 Å². The number of fused-ring (bicyclic) bond motifs is 2. The molecule has 38 heavy (non-hydrogen) atoms. The molecule has 2 aliphatic heterocycles. The number of rotatable bonds is 5. The van der Waals surface area contributed by atoms with Crippen molar-refractivity contribution in [3.05, 3.63) is 83.9 Å². The van der Waals surface area contributed by atoms with Crippen LogP contribution in [0.4, 0.5) is 24.5 Å². The quantitative estimate of drug-likeness (QED) is 0.447. The second-order valence-corrected chi connectivity index (χ2v) is 11.4. The Morgan fingerprint density at radius 1 is 0.974 bits per heavy atom. The molecule has 2 heterocycles. The van der Waals surface area contributed by atoms with Gasteiger partial charge in [-0.25, -0.2) is 13.3 Å². The van der Waals surface area contributed by atoms with Crippen LogP contribution >= 0.6 is 0 Å². The van der Waals surface area contributed by atoms with E-state index >= 15 is 0 Å². The van der Waals surface area contributed by atoms with Gasteiger partial charge in [0.15, 0.2) is 0 Å². The van der Waals surface area contributed by atoms with Gasteiger partial charge in [0.1, 0.15) is 15.7 Å². The van der Waals surface area contributed by atoms with E-state index in [4.69, 9.17) is 0 Å². The molecule has 1 fully saturated rings. The lowest BCUT2D eigenvalue weighted by atomic mass is 9.96. The third-order valence-electron chi connectivity index (χ3n) is 6.97. The highest BCUT2D eigenvalue weighted by molar-refractivity contribution is 7.91. The van der Waals surface area contributed by atoms with Crippen LogP contribution in [0.5, 0.6) is 5.75 Å². The molecule has 3 aromatic carbocycles. The number of alkyl halides is 3. The number of aliphatic hydroxyl groups excluding tert-OH is 1. The zero-order chi connectivity index (χ0) is 26.9. The fourth-order valence-electron chi connectivity index (χ4n) is 5.18. The van der Waals surface area contributed by atoms with E-state index in [0.717, 1.165) is 36.3 Å². The molecule has 202 valence electrons. The van der Waals surface area contributed by atoms with E-state index in [1.807, 2.05) is 24.3 Å². The summed E-state index contributed by atoms with van der Waals surface area (Å²) in [6, 6.07) is 20.0. The van der Waals surface area contributed by atoms with Crippen molar-refractivity contribution in [3.63, 3.8) is 0 Å². The third kappa shape index (κ3) is 5.37. The highest BCUT2D eigenvalue weighted by Gasteiger charge is 2.39. The normalized spacial score (nSPS) is 23.0. The first-order valence-corrected chi connectivity index (χ1v) is 13.8. The molecule has 2 aliphatic rings. The first-order chi connectivity index (χ1) is 18.2. The van der Waals surface area contributed by atoms with Crippen LogP contribution in [0.2, 0.25) is 0 Å². The van der Waals surface area contributed by atoms with Crippen LogP contribution in [-0.2, 0) is 22.8 Å². The largest absolute Gasteiger partial charge is 0.573 e. The number of anilines is 2. The van der Waals surface area contributed by atoms with Crippen LogP contribution in [0.1, 0.15) is 11.1 Å². The molecule has 5 rings (SSSR count). The molecule has 0 saturated carbocycles. The van der Waals surface area contributed by atoms with Gasteiger partial charge in [-0.3, -0.25) is 0 Å². The van der Waals surface area contributed by atoms with Crippen LogP contribution in [0.3, 0.4) is 0 Å². The fraction of sp³-hybridized carbons (Fsp3) is 0.333. The Morgan fingerprint density at radius 2 is 1.55 bits per heavy atom. The fourth-order valence-corrected chi connectivity index (χ4v) is 6.77. The van der Waals surface area contributed by atoms with Gasteiger partial charge in [0.05, 0.1) is 23.1 Å². The van der Waals surface area contributed by atoms with Gasteiger partial charge in [0, 0.05) is 31.5 Å². The number of halogens is 3. The Morgan fingerprint density at radius 3 is 2.11 bits per heavy atom. The van der Waals surface area contributed by atoms with Crippen molar-refractivity contribution in [1.82, 2.24) is 10.0 Å². The number of hydrogen-bond donors (Lipinski definition) is 3. The first kappa shape index (κ1) is 26.5. The monoisotopic (exact) mass is 546 g/mol. The van der Waals surface area contributed by atoms with E-state index in [1.165, 1.54) is 30.3 Å². The maximum atomic E-state index is 13.8. The molecule has 4 unspecified atom stereocenters. The standard InChI is InChI=1S/C27H29F3N4O3S/c1-31-38(36,21-14-12-20(13-15-21)37-27(28,29)30)33-22-16-32-17-25(26(22)35)34-23-8-4-2-6-18(23)10-11-19-7-3-5-9-24(19)34/h2-9,12-15,22,25-26,32,35H,10-11,16-17H2,1H3,(H,31,33,36). The Bertz CT molecular complexity index is 1360. The summed E-state index contributed by atoms with van der Waals surface area (Å²) in [6.45, 7) is 0.826. The maximum Gasteiger partial charge on any atom is 0.573 e. The molecule has 0 aromatic heterocycles. The van der Waals surface area contributed by atoms with Crippen LogP contribution in [0.15, 0.2) is 82.1 Å². The predicted octanol–water partition coefficient (Wildman–Crippen LogP) is 4.18. The van der Waals surface area contributed by atoms with Crippen LogP contribution < -0.4 is 19.7 Å². The number of aryl methyl sites for hydroxylation is 2. The Balaban J connectivity index is 1.44. The topological polar surface area (TPSA) is 86.2 Å². The number of aliphatic hydroxyl groups is 1.